The van der Waals surface area contributed by atoms with Crippen LogP contribution in [-0.4, -0.2) is 26.8 Å². The lowest BCUT2D eigenvalue weighted by molar-refractivity contribution is -0.179. The summed E-state index contributed by atoms with van der Waals surface area (Å²) >= 11 is 0. The number of amides is 1. The monoisotopic (exact) mass is 302 g/mol. The molecule has 1 atom stereocenters. The van der Waals surface area contributed by atoms with Crippen molar-refractivity contribution in [2.75, 3.05) is 0 Å². The second-order valence-corrected chi connectivity index (χ2v) is 5.76. The molecule has 2 heterocycles. The summed E-state index contributed by atoms with van der Waals surface area (Å²) in [4.78, 5) is 11.8. The Labute approximate surface area is 119 Å². The molecule has 0 saturated heterocycles. The van der Waals surface area contributed by atoms with Crippen LogP contribution < -0.4 is 5.32 Å². The zero-order chi connectivity index (χ0) is 15.0. The van der Waals surface area contributed by atoms with E-state index in [9.17, 15) is 18.0 Å². The number of nitrogens with zero attached hydrogens (tertiary/aromatic N) is 3. The average molecular weight is 302 g/mol. The minimum absolute atomic E-state index is 0.00239. The van der Waals surface area contributed by atoms with Crippen LogP contribution in [-0.2, 0) is 24.3 Å². The van der Waals surface area contributed by atoms with E-state index in [-0.39, 0.29) is 37.8 Å². The highest BCUT2D eigenvalue weighted by atomic mass is 19.4. The molecule has 2 aliphatic rings. The van der Waals surface area contributed by atoms with Crippen LogP contribution in [0.5, 0.6) is 0 Å². The molecule has 0 bridgehead atoms. The molecule has 21 heavy (non-hydrogen) atoms. The van der Waals surface area contributed by atoms with E-state index in [0.29, 0.717) is 11.6 Å². The predicted octanol–water partition coefficient (Wildman–Crippen LogP) is 1.82. The Hall–Kier alpha value is -1.60. The van der Waals surface area contributed by atoms with Gasteiger partial charge in [0, 0.05) is 18.9 Å². The van der Waals surface area contributed by atoms with Crippen molar-refractivity contribution in [3.8, 4) is 0 Å². The van der Waals surface area contributed by atoms with E-state index in [1.165, 1.54) is 0 Å². The molecule has 1 aromatic heterocycles. The van der Waals surface area contributed by atoms with Gasteiger partial charge in [-0.15, -0.1) is 10.2 Å². The summed E-state index contributed by atoms with van der Waals surface area (Å²) in [5.74, 6) is -0.354. The zero-order valence-electron chi connectivity index (χ0n) is 11.5. The molecule has 0 radical (unpaired) electrons. The van der Waals surface area contributed by atoms with Crippen LogP contribution in [0.2, 0.25) is 0 Å². The smallest absolute Gasteiger partial charge is 0.349 e. The number of nitrogens with one attached hydrogen (secondary N) is 1. The first-order valence-electron chi connectivity index (χ1n) is 7.20. The van der Waals surface area contributed by atoms with Crippen LogP contribution in [0, 0.1) is 11.8 Å². The Bertz CT molecular complexity index is 536. The van der Waals surface area contributed by atoms with Gasteiger partial charge in [0.15, 0.2) is 5.82 Å². The first-order valence-corrected chi connectivity index (χ1v) is 7.20. The molecule has 116 valence electrons. The molecule has 1 amide bonds. The van der Waals surface area contributed by atoms with E-state index < -0.39 is 12.1 Å². The van der Waals surface area contributed by atoms with Gasteiger partial charge in [0.25, 0.3) is 0 Å². The Balaban J connectivity index is 1.62. The molecule has 1 N–H and O–H groups in total. The number of hydrogen-bond acceptors (Lipinski definition) is 3. The standard InChI is InChI=1S/C13H17F3N4O/c14-13(15,16)9-4-5-20-10(6-9)18-19-11(20)7-17-12(21)8-2-1-3-8/h8-9H,1-7H2,(H,17,21)/t9-/m0/s1. The first kappa shape index (κ1) is 14.3. The quantitative estimate of drug-likeness (QED) is 0.926. The van der Waals surface area contributed by atoms with Crippen LogP contribution in [0.1, 0.15) is 37.3 Å². The van der Waals surface area contributed by atoms with Crippen molar-refractivity contribution in [2.24, 2.45) is 11.8 Å². The lowest BCUT2D eigenvalue weighted by atomic mass is 9.85. The third-order valence-electron chi connectivity index (χ3n) is 4.39. The predicted molar refractivity (Wildman–Crippen MR) is 67.1 cm³/mol. The van der Waals surface area contributed by atoms with Crippen molar-refractivity contribution in [3.05, 3.63) is 11.6 Å². The highest BCUT2D eigenvalue weighted by Gasteiger charge is 2.42. The molecule has 3 rings (SSSR count). The van der Waals surface area contributed by atoms with Gasteiger partial charge < -0.3 is 9.88 Å². The summed E-state index contributed by atoms with van der Waals surface area (Å²) in [6.45, 7) is 0.486. The van der Waals surface area contributed by atoms with Gasteiger partial charge in [0.05, 0.1) is 12.5 Å². The SMILES string of the molecule is O=C(NCc1nnc2n1CC[C@H](C(F)(F)F)C2)C1CCC1. The summed E-state index contributed by atoms with van der Waals surface area (Å²) < 4.78 is 39.8. The van der Waals surface area contributed by atoms with Gasteiger partial charge in [-0.05, 0) is 19.3 Å². The summed E-state index contributed by atoms with van der Waals surface area (Å²) in [7, 11) is 0. The van der Waals surface area contributed by atoms with Crippen molar-refractivity contribution < 1.29 is 18.0 Å². The molecule has 1 fully saturated rings. The minimum Gasteiger partial charge on any atom is -0.349 e. The van der Waals surface area contributed by atoms with E-state index in [1.807, 2.05) is 0 Å². The third-order valence-corrected chi connectivity index (χ3v) is 4.39. The normalized spacial score (nSPS) is 22.5. The number of fused-ring (bicyclic) bond motifs is 1. The van der Waals surface area contributed by atoms with E-state index >= 15 is 0 Å². The minimum atomic E-state index is -4.18. The van der Waals surface area contributed by atoms with Crippen molar-refractivity contribution in [3.63, 3.8) is 0 Å². The maximum Gasteiger partial charge on any atom is 0.392 e. The third kappa shape index (κ3) is 2.89. The van der Waals surface area contributed by atoms with Crippen LogP contribution in [0.25, 0.3) is 0 Å². The number of halogens is 3. The van der Waals surface area contributed by atoms with Gasteiger partial charge in [0.1, 0.15) is 5.82 Å². The highest BCUT2D eigenvalue weighted by molar-refractivity contribution is 5.79. The van der Waals surface area contributed by atoms with Crippen molar-refractivity contribution in [1.82, 2.24) is 20.1 Å². The maximum absolute atomic E-state index is 12.7. The Morgan fingerprint density at radius 2 is 2.05 bits per heavy atom. The lowest BCUT2D eigenvalue weighted by Gasteiger charge is -2.26. The molecular formula is C13H17F3N4O. The van der Waals surface area contributed by atoms with E-state index in [0.717, 1.165) is 19.3 Å². The van der Waals surface area contributed by atoms with Crippen LogP contribution in [0.4, 0.5) is 13.2 Å². The van der Waals surface area contributed by atoms with Gasteiger partial charge in [-0.25, -0.2) is 0 Å². The maximum atomic E-state index is 12.7. The van der Waals surface area contributed by atoms with Crippen LogP contribution in [0.3, 0.4) is 0 Å². The topological polar surface area (TPSA) is 59.8 Å². The molecule has 0 spiro atoms. The van der Waals surface area contributed by atoms with Gasteiger partial charge in [-0.3, -0.25) is 4.79 Å². The molecule has 1 aliphatic carbocycles. The van der Waals surface area contributed by atoms with Crippen molar-refractivity contribution in [2.45, 2.75) is 51.4 Å². The number of hydrogen-bond donors (Lipinski definition) is 1. The fourth-order valence-corrected chi connectivity index (χ4v) is 2.78. The van der Waals surface area contributed by atoms with Crippen molar-refractivity contribution >= 4 is 5.91 Å². The molecule has 1 saturated carbocycles. The van der Waals surface area contributed by atoms with Gasteiger partial charge >= 0.3 is 6.18 Å². The largest absolute Gasteiger partial charge is 0.392 e. The molecule has 1 aromatic rings. The van der Waals surface area contributed by atoms with E-state index in [2.05, 4.69) is 15.5 Å². The molecule has 5 nitrogen and oxygen atoms in total. The van der Waals surface area contributed by atoms with Crippen molar-refractivity contribution in [1.29, 1.82) is 0 Å². The molecule has 0 aromatic carbocycles. The molecule has 1 aliphatic heterocycles. The van der Waals surface area contributed by atoms with Gasteiger partial charge in [-0.2, -0.15) is 13.2 Å². The van der Waals surface area contributed by atoms with Crippen LogP contribution >= 0.6 is 0 Å². The van der Waals surface area contributed by atoms with E-state index in [1.54, 1.807) is 4.57 Å². The number of rotatable bonds is 3. The number of carbonyl (C=O) groups excluding carboxylic acids is 1. The van der Waals surface area contributed by atoms with Gasteiger partial charge in [0.2, 0.25) is 5.91 Å². The molecule has 0 unspecified atom stereocenters. The molecular weight excluding hydrogens is 285 g/mol. The summed E-state index contributed by atoms with van der Waals surface area (Å²) in [5.41, 5.74) is 0. The summed E-state index contributed by atoms with van der Waals surface area (Å²) in [6.07, 6.45) is -1.37. The number of alkyl halides is 3. The Morgan fingerprint density at radius 1 is 1.29 bits per heavy atom. The fourth-order valence-electron chi connectivity index (χ4n) is 2.78. The fraction of sp³-hybridized carbons (Fsp3) is 0.769. The van der Waals surface area contributed by atoms with Gasteiger partial charge in [-0.1, -0.05) is 6.42 Å². The lowest BCUT2D eigenvalue weighted by Crippen LogP contribution is -2.35. The Morgan fingerprint density at radius 3 is 2.67 bits per heavy atom. The number of aromatic nitrogens is 3. The highest BCUT2D eigenvalue weighted by Crippen LogP contribution is 2.34. The van der Waals surface area contributed by atoms with E-state index in [4.69, 9.17) is 0 Å². The second kappa shape index (κ2) is 5.31. The summed E-state index contributed by atoms with van der Waals surface area (Å²) in [5, 5.41) is 10.6. The zero-order valence-corrected chi connectivity index (χ0v) is 11.5. The Kier molecular flexibility index (Phi) is 3.62. The molecule has 8 heteroatoms. The first-order chi connectivity index (χ1) is 9.95. The second-order valence-electron chi connectivity index (χ2n) is 5.76. The number of carbonyl (C=O) groups is 1. The van der Waals surface area contributed by atoms with Crippen LogP contribution in [0.15, 0.2) is 0 Å². The average Bonchev–Trinajstić information content (AvgIpc) is 2.75. The summed E-state index contributed by atoms with van der Waals surface area (Å²) in [6, 6.07) is 0.